The van der Waals surface area contributed by atoms with Crippen molar-refractivity contribution < 1.29 is 19.1 Å². The van der Waals surface area contributed by atoms with Crippen molar-refractivity contribution in [3.8, 4) is 0 Å². The first-order valence-corrected chi connectivity index (χ1v) is 11.7. The Labute approximate surface area is 205 Å². The van der Waals surface area contributed by atoms with E-state index < -0.39 is 17.7 Å². The Balaban J connectivity index is 1.89. The van der Waals surface area contributed by atoms with E-state index in [0.29, 0.717) is 16.3 Å². The molecule has 0 spiro atoms. The second kappa shape index (κ2) is 10.5. The first-order valence-electron chi connectivity index (χ1n) is 11.4. The molecule has 7 nitrogen and oxygen atoms in total. The largest absolute Gasteiger partial charge is 0.444 e. The van der Waals surface area contributed by atoms with E-state index in [-0.39, 0.29) is 24.4 Å². The van der Waals surface area contributed by atoms with Gasteiger partial charge in [0.15, 0.2) is 0 Å². The number of alkyl carbamates (subject to hydrolysis) is 1. The van der Waals surface area contributed by atoms with E-state index in [1.807, 2.05) is 50.2 Å². The van der Waals surface area contributed by atoms with E-state index in [0.717, 1.165) is 24.0 Å². The predicted octanol–water partition coefficient (Wildman–Crippen LogP) is 5.15. The van der Waals surface area contributed by atoms with Crippen LogP contribution in [0.2, 0.25) is 5.02 Å². The van der Waals surface area contributed by atoms with Gasteiger partial charge in [-0.25, -0.2) is 4.79 Å². The molecule has 2 aromatic carbocycles. The van der Waals surface area contributed by atoms with E-state index >= 15 is 0 Å². The molecule has 3 rings (SSSR count). The minimum absolute atomic E-state index is 0.0865. The lowest BCUT2D eigenvalue weighted by Crippen LogP contribution is -2.47. The molecule has 34 heavy (non-hydrogen) atoms. The molecule has 1 saturated carbocycles. The Hall–Kier alpha value is -3.06. The molecule has 0 radical (unpaired) electrons. The standard InChI is InChI=1S/C26H32ClN3O4/c1-16-8-6-10-18(14-16)23(24(32)29-22-17(2)9-7-11-20(22)27)30(19-12-13-19)21(31)15-28-25(33)34-26(3,4)5/h6-11,14,19,23H,12-13,15H2,1-5H3,(H,28,33)(H,29,32). The SMILES string of the molecule is Cc1cccc(C(C(=O)Nc2c(C)cccc2Cl)N(C(=O)CNC(=O)OC(C)(C)C)C2CC2)c1. The normalized spacial score (nSPS) is 14.2. The molecule has 0 aromatic heterocycles. The van der Waals surface area contributed by atoms with Gasteiger partial charge in [-0.1, -0.05) is 53.6 Å². The molecule has 1 aliphatic carbocycles. The molecule has 0 saturated heterocycles. The summed E-state index contributed by atoms with van der Waals surface area (Å²) in [6, 6.07) is 11.9. The lowest BCUT2D eigenvalue weighted by atomic mass is 10.0. The van der Waals surface area contributed by atoms with Crippen molar-refractivity contribution in [2.45, 2.75) is 65.1 Å². The van der Waals surface area contributed by atoms with Gasteiger partial charge in [-0.2, -0.15) is 0 Å². The van der Waals surface area contributed by atoms with E-state index in [1.54, 1.807) is 31.7 Å². The van der Waals surface area contributed by atoms with Crippen molar-refractivity contribution in [3.05, 3.63) is 64.2 Å². The molecular formula is C26H32ClN3O4. The third kappa shape index (κ3) is 6.73. The van der Waals surface area contributed by atoms with E-state index in [4.69, 9.17) is 16.3 Å². The molecule has 3 amide bonds. The Morgan fingerprint density at radius 2 is 1.79 bits per heavy atom. The van der Waals surface area contributed by atoms with E-state index in [9.17, 15) is 14.4 Å². The summed E-state index contributed by atoms with van der Waals surface area (Å²) in [7, 11) is 0. The maximum absolute atomic E-state index is 13.7. The number of carbonyl (C=O) groups excluding carboxylic acids is 3. The first kappa shape index (κ1) is 25.6. The van der Waals surface area contributed by atoms with Crippen molar-refractivity contribution >= 4 is 35.2 Å². The zero-order valence-corrected chi connectivity index (χ0v) is 21.0. The lowest BCUT2D eigenvalue weighted by molar-refractivity contribution is -0.138. The van der Waals surface area contributed by atoms with Gasteiger partial charge in [0.2, 0.25) is 5.91 Å². The van der Waals surface area contributed by atoms with Crippen LogP contribution in [0.4, 0.5) is 10.5 Å². The van der Waals surface area contributed by atoms with Crippen molar-refractivity contribution in [3.63, 3.8) is 0 Å². The van der Waals surface area contributed by atoms with Crippen molar-refractivity contribution in [1.82, 2.24) is 10.2 Å². The number of hydrogen-bond donors (Lipinski definition) is 2. The minimum atomic E-state index is -0.879. The van der Waals surface area contributed by atoms with Crippen molar-refractivity contribution in [2.24, 2.45) is 0 Å². The number of halogens is 1. The third-order valence-corrected chi connectivity index (χ3v) is 5.68. The fourth-order valence-electron chi connectivity index (χ4n) is 3.72. The summed E-state index contributed by atoms with van der Waals surface area (Å²) in [5.41, 5.74) is 2.32. The van der Waals surface area contributed by atoms with Crippen molar-refractivity contribution in [1.29, 1.82) is 0 Å². The predicted molar refractivity (Wildman–Crippen MR) is 133 cm³/mol. The fourth-order valence-corrected chi connectivity index (χ4v) is 3.99. The fraction of sp³-hybridized carbons (Fsp3) is 0.423. The molecule has 1 atom stereocenters. The molecule has 0 bridgehead atoms. The summed E-state index contributed by atoms with van der Waals surface area (Å²) in [6.45, 7) is 8.77. The maximum atomic E-state index is 13.7. The molecule has 1 unspecified atom stereocenters. The number of rotatable bonds is 7. The smallest absolute Gasteiger partial charge is 0.408 e. The first-order chi connectivity index (χ1) is 16.0. The highest BCUT2D eigenvalue weighted by molar-refractivity contribution is 6.34. The van der Waals surface area contributed by atoms with Crippen LogP contribution in [-0.2, 0) is 14.3 Å². The molecule has 1 fully saturated rings. The summed E-state index contributed by atoms with van der Waals surface area (Å²) in [6.07, 6.45) is 0.900. The van der Waals surface area contributed by atoms with Crippen LogP contribution < -0.4 is 10.6 Å². The highest BCUT2D eigenvalue weighted by atomic mass is 35.5. The second-order valence-corrected chi connectivity index (χ2v) is 10.0. The zero-order valence-electron chi connectivity index (χ0n) is 20.3. The Morgan fingerprint density at radius 3 is 2.38 bits per heavy atom. The highest BCUT2D eigenvalue weighted by Crippen LogP contribution is 2.36. The van der Waals surface area contributed by atoms with Gasteiger partial charge < -0.3 is 20.3 Å². The van der Waals surface area contributed by atoms with Crippen LogP contribution in [0.1, 0.15) is 56.3 Å². The number of nitrogens with zero attached hydrogens (tertiary/aromatic N) is 1. The third-order valence-electron chi connectivity index (χ3n) is 5.37. The number of para-hydroxylation sites is 1. The average molecular weight is 486 g/mol. The van der Waals surface area contributed by atoms with Gasteiger partial charge in [-0.15, -0.1) is 0 Å². The van der Waals surface area contributed by atoms with E-state index in [1.165, 1.54) is 0 Å². The minimum Gasteiger partial charge on any atom is -0.444 e. The number of benzene rings is 2. The van der Waals surface area contributed by atoms with Crippen LogP contribution in [0.25, 0.3) is 0 Å². The van der Waals surface area contributed by atoms with Crippen LogP contribution in [-0.4, -0.2) is 41.0 Å². The topological polar surface area (TPSA) is 87.7 Å². The number of hydrogen-bond acceptors (Lipinski definition) is 4. The van der Waals surface area contributed by atoms with Crippen LogP contribution in [0, 0.1) is 13.8 Å². The molecule has 2 N–H and O–H groups in total. The number of amides is 3. The molecule has 8 heteroatoms. The van der Waals surface area contributed by atoms with Crippen LogP contribution in [0.3, 0.4) is 0 Å². The Morgan fingerprint density at radius 1 is 1.12 bits per heavy atom. The number of anilines is 1. The number of ether oxygens (including phenoxy) is 1. The van der Waals surface area contributed by atoms with Crippen LogP contribution >= 0.6 is 11.6 Å². The Kier molecular flexibility index (Phi) is 7.87. The second-order valence-electron chi connectivity index (χ2n) is 9.63. The van der Waals surface area contributed by atoms with E-state index in [2.05, 4.69) is 10.6 Å². The lowest BCUT2D eigenvalue weighted by Gasteiger charge is -2.32. The van der Waals surface area contributed by atoms with Gasteiger partial charge in [0.05, 0.1) is 10.7 Å². The van der Waals surface area contributed by atoms with Gasteiger partial charge in [0.25, 0.3) is 5.91 Å². The highest BCUT2D eigenvalue weighted by Gasteiger charge is 2.41. The summed E-state index contributed by atoms with van der Waals surface area (Å²) in [4.78, 5) is 40.7. The van der Waals surface area contributed by atoms with Crippen LogP contribution in [0.15, 0.2) is 42.5 Å². The summed E-state index contributed by atoms with van der Waals surface area (Å²) in [5, 5.41) is 5.88. The van der Waals surface area contributed by atoms with Crippen LogP contribution in [0.5, 0.6) is 0 Å². The molecule has 0 heterocycles. The maximum Gasteiger partial charge on any atom is 0.408 e. The molecule has 2 aromatic rings. The molecule has 182 valence electrons. The zero-order chi connectivity index (χ0) is 25.0. The van der Waals surface area contributed by atoms with Gasteiger partial charge in [0, 0.05) is 6.04 Å². The summed E-state index contributed by atoms with van der Waals surface area (Å²) in [5.74, 6) is -0.717. The summed E-state index contributed by atoms with van der Waals surface area (Å²) >= 11 is 6.35. The van der Waals surface area contributed by atoms with Gasteiger partial charge in [-0.05, 0) is 64.7 Å². The monoisotopic (exact) mass is 485 g/mol. The summed E-state index contributed by atoms with van der Waals surface area (Å²) < 4.78 is 5.24. The van der Waals surface area contributed by atoms with Gasteiger partial charge in [0.1, 0.15) is 18.2 Å². The number of aryl methyl sites for hydroxylation is 2. The molecular weight excluding hydrogens is 454 g/mol. The van der Waals surface area contributed by atoms with Gasteiger partial charge in [-0.3, -0.25) is 9.59 Å². The Bertz CT molecular complexity index is 1060. The number of nitrogens with one attached hydrogen (secondary N) is 2. The van der Waals surface area contributed by atoms with Crippen molar-refractivity contribution in [2.75, 3.05) is 11.9 Å². The molecule has 0 aliphatic heterocycles. The van der Waals surface area contributed by atoms with Gasteiger partial charge >= 0.3 is 6.09 Å². The molecule has 1 aliphatic rings. The average Bonchev–Trinajstić information content (AvgIpc) is 3.56. The quantitative estimate of drug-likeness (QED) is 0.567. The number of carbonyl (C=O) groups is 3.